The molecule has 21 heavy (non-hydrogen) atoms. The molecule has 1 N–H and O–H groups in total. The number of amides is 1. The van der Waals surface area contributed by atoms with Gasteiger partial charge < -0.3 is 5.32 Å². The third kappa shape index (κ3) is 5.46. The van der Waals surface area contributed by atoms with Crippen molar-refractivity contribution in [1.29, 1.82) is 0 Å². The smallest absolute Gasteiger partial charge is 0.244 e. The number of nitrogens with zero attached hydrogens (tertiary/aromatic N) is 1. The minimum atomic E-state index is -3.25. The second-order valence-corrected chi connectivity index (χ2v) is 8.76. The zero-order valence-electron chi connectivity index (χ0n) is 11.5. The standard InChI is InChI=1S/C13H18N2O3S3/c16-13(4-3-12-2-1-8-20-12)14-5-11-21(17,18)15-6-9-19-10-7-15/h1-4,8H,5-7,9-11H2,(H,14,16). The van der Waals surface area contributed by atoms with Gasteiger partial charge in [0.2, 0.25) is 15.9 Å². The highest BCUT2D eigenvalue weighted by Gasteiger charge is 2.23. The number of rotatable bonds is 6. The SMILES string of the molecule is O=C(C=Cc1cccs1)NCCS(=O)(=O)N1CCSCC1. The van der Waals surface area contributed by atoms with E-state index in [9.17, 15) is 13.2 Å². The number of thiophene rings is 1. The predicted octanol–water partition coefficient (Wildman–Crippen LogP) is 1.26. The van der Waals surface area contributed by atoms with Crippen LogP contribution in [0.25, 0.3) is 6.08 Å². The van der Waals surface area contributed by atoms with Gasteiger partial charge in [0.25, 0.3) is 0 Å². The Bertz CT molecular complexity index is 576. The fourth-order valence-electron chi connectivity index (χ4n) is 1.86. The van der Waals surface area contributed by atoms with Crippen molar-refractivity contribution < 1.29 is 13.2 Å². The number of sulfonamides is 1. The van der Waals surface area contributed by atoms with E-state index in [1.165, 1.54) is 10.4 Å². The van der Waals surface area contributed by atoms with E-state index < -0.39 is 10.0 Å². The van der Waals surface area contributed by atoms with Crippen LogP contribution < -0.4 is 5.32 Å². The number of carbonyl (C=O) groups excluding carboxylic acids is 1. The summed E-state index contributed by atoms with van der Waals surface area (Å²) < 4.78 is 25.6. The van der Waals surface area contributed by atoms with Crippen LogP contribution in [0.1, 0.15) is 4.88 Å². The summed E-state index contributed by atoms with van der Waals surface area (Å²) in [5.41, 5.74) is 0. The predicted molar refractivity (Wildman–Crippen MR) is 89.0 cm³/mol. The van der Waals surface area contributed by atoms with Crippen LogP contribution in [0.15, 0.2) is 23.6 Å². The lowest BCUT2D eigenvalue weighted by atomic mass is 10.4. The zero-order valence-corrected chi connectivity index (χ0v) is 14.0. The first-order valence-electron chi connectivity index (χ1n) is 6.63. The number of thioether (sulfide) groups is 1. The van der Waals surface area contributed by atoms with Gasteiger partial charge in [0.1, 0.15) is 0 Å². The van der Waals surface area contributed by atoms with E-state index in [2.05, 4.69) is 5.32 Å². The molecular formula is C13H18N2O3S3. The molecule has 1 aromatic heterocycles. The molecule has 0 unspecified atom stereocenters. The Balaban J connectivity index is 1.74. The number of hydrogen-bond acceptors (Lipinski definition) is 5. The van der Waals surface area contributed by atoms with E-state index in [-0.39, 0.29) is 18.2 Å². The molecule has 0 aliphatic carbocycles. The summed E-state index contributed by atoms with van der Waals surface area (Å²) in [6, 6.07) is 3.82. The molecule has 1 aromatic rings. The molecule has 0 radical (unpaired) electrons. The van der Waals surface area contributed by atoms with E-state index in [1.807, 2.05) is 17.5 Å². The molecule has 1 aliphatic heterocycles. The first-order valence-corrected chi connectivity index (χ1v) is 10.3. The van der Waals surface area contributed by atoms with Gasteiger partial charge >= 0.3 is 0 Å². The van der Waals surface area contributed by atoms with Crippen LogP contribution in [-0.2, 0) is 14.8 Å². The highest BCUT2D eigenvalue weighted by molar-refractivity contribution is 7.99. The summed E-state index contributed by atoms with van der Waals surface area (Å²) in [5, 5.41) is 4.54. The van der Waals surface area contributed by atoms with Gasteiger partial charge in [0, 0.05) is 42.1 Å². The number of carbonyl (C=O) groups is 1. The summed E-state index contributed by atoms with van der Waals surface area (Å²) in [6.45, 7) is 1.28. The van der Waals surface area contributed by atoms with Gasteiger partial charge in [0.15, 0.2) is 0 Å². The van der Waals surface area contributed by atoms with Gasteiger partial charge in [0.05, 0.1) is 5.75 Å². The maximum absolute atomic E-state index is 12.1. The lowest BCUT2D eigenvalue weighted by Crippen LogP contribution is -2.41. The minimum Gasteiger partial charge on any atom is -0.351 e. The largest absolute Gasteiger partial charge is 0.351 e. The summed E-state index contributed by atoms with van der Waals surface area (Å²) >= 11 is 3.31. The molecule has 1 amide bonds. The average Bonchev–Trinajstić information content (AvgIpc) is 2.99. The monoisotopic (exact) mass is 346 g/mol. The van der Waals surface area contributed by atoms with Crippen molar-refractivity contribution in [3.05, 3.63) is 28.5 Å². The Hall–Kier alpha value is -0.830. The quantitative estimate of drug-likeness (QED) is 0.788. The third-order valence-corrected chi connectivity index (χ3v) is 6.62. The fourth-order valence-corrected chi connectivity index (χ4v) is 4.97. The number of hydrogen-bond donors (Lipinski definition) is 1. The minimum absolute atomic E-state index is 0.0454. The van der Waals surface area contributed by atoms with Crippen molar-refractivity contribution in [2.24, 2.45) is 0 Å². The van der Waals surface area contributed by atoms with Crippen molar-refractivity contribution in [3.8, 4) is 0 Å². The lowest BCUT2D eigenvalue weighted by molar-refractivity contribution is -0.116. The topological polar surface area (TPSA) is 66.5 Å². The molecule has 2 heterocycles. The van der Waals surface area contributed by atoms with E-state index in [0.717, 1.165) is 16.4 Å². The van der Waals surface area contributed by atoms with Crippen LogP contribution in [0.5, 0.6) is 0 Å². The second-order valence-electron chi connectivity index (χ2n) is 4.47. The molecule has 5 nitrogen and oxygen atoms in total. The van der Waals surface area contributed by atoms with Gasteiger partial charge in [-0.3, -0.25) is 4.79 Å². The molecule has 2 rings (SSSR count). The van der Waals surface area contributed by atoms with Gasteiger partial charge in [-0.1, -0.05) is 6.07 Å². The van der Waals surface area contributed by atoms with E-state index in [0.29, 0.717) is 13.1 Å². The summed E-state index contributed by atoms with van der Waals surface area (Å²) in [7, 11) is -3.25. The maximum atomic E-state index is 12.1. The molecule has 0 saturated carbocycles. The van der Waals surface area contributed by atoms with Crippen LogP contribution in [0.2, 0.25) is 0 Å². The molecule has 0 spiro atoms. The number of nitrogens with one attached hydrogen (secondary N) is 1. The summed E-state index contributed by atoms with van der Waals surface area (Å²) in [5.74, 6) is 1.37. The summed E-state index contributed by atoms with van der Waals surface area (Å²) in [4.78, 5) is 12.6. The molecule has 0 bridgehead atoms. The first-order chi connectivity index (χ1) is 10.1. The molecule has 1 aliphatic rings. The van der Waals surface area contributed by atoms with Crippen molar-refractivity contribution in [2.45, 2.75) is 0 Å². The van der Waals surface area contributed by atoms with E-state index in [1.54, 1.807) is 29.2 Å². The van der Waals surface area contributed by atoms with Crippen molar-refractivity contribution in [2.75, 3.05) is 36.9 Å². The van der Waals surface area contributed by atoms with Crippen molar-refractivity contribution in [1.82, 2.24) is 9.62 Å². The molecular weight excluding hydrogens is 328 g/mol. The van der Waals surface area contributed by atoms with Crippen LogP contribution >= 0.6 is 23.1 Å². The molecule has 1 fully saturated rings. The second kappa shape index (κ2) is 7.98. The normalized spacial score (nSPS) is 17.1. The molecule has 0 atom stereocenters. The molecule has 0 aromatic carbocycles. The lowest BCUT2D eigenvalue weighted by Gasteiger charge is -2.25. The highest BCUT2D eigenvalue weighted by Crippen LogP contribution is 2.13. The van der Waals surface area contributed by atoms with Gasteiger partial charge in [-0.15, -0.1) is 11.3 Å². The average molecular weight is 346 g/mol. The van der Waals surface area contributed by atoms with Crippen LogP contribution in [0.4, 0.5) is 0 Å². The highest BCUT2D eigenvalue weighted by atomic mass is 32.2. The van der Waals surface area contributed by atoms with E-state index in [4.69, 9.17) is 0 Å². The molecule has 116 valence electrons. The third-order valence-electron chi connectivity index (χ3n) is 2.96. The van der Waals surface area contributed by atoms with Crippen LogP contribution in [0.3, 0.4) is 0 Å². The van der Waals surface area contributed by atoms with Crippen LogP contribution in [-0.4, -0.2) is 55.5 Å². The Morgan fingerprint density at radius 1 is 1.38 bits per heavy atom. The van der Waals surface area contributed by atoms with Crippen molar-refractivity contribution >= 4 is 45.1 Å². The van der Waals surface area contributed by atoms with Crippen molar-refractivity contribution in [3.63, 3.8) is 0 Å². The summed E-state index contributed by atoms with van der Waals surface area (Å²) in [6.07, 6.45) is 3.15. The fraction of sp³-hybridized carbons (Fsp3) is 0.462. The zero-order chi connectivity index (χ0) is 15.1. The Labute approximate surface area is 133 Å². The Morgan fingerprint density at radius 2 is 2.14 bits per heavy atom. The molecule has 8 heteroatoms. The first kappa shape index (κ1) is 16.5. The van der Waals surface area contributed by atoms with Gasteiger partial charge in [-0.05, 0) is 17.5 Å². The van der Waals surface area contributed by atoms with Gasteiger partial charge in [-0.25, -0.2) is 12.7 Å². The van der Waals surface area contributed by atoms with E-state index >= 15 is 0 Å². The van der Waals surface area contributed by atoms with Gasteiger partial charge in [-0.2, -0.15) is 11.8 Å². The Kier molecular flexibility index (Phi) is 6.28. The maximum Gasteiger partial charge on any atom is 0.244 e. The molecule has 1 saturated heterocycles. The van der Waals surface area contributed by atoms with Crippen LogP contribution in [0, 0.1) is 0 Å². The Morgan fingerprint density at radius 3 is 2.81 bits per heavy atom.